The molecule has 2 heterocycles. The number of methoxy groups -OCH3 is 1. The van der Waals surface area contributed by atoms with Gasteiger partial charge in [-0.15, -0.1) is 0 Å². The number of aromatic nitrogens is 4. The first-order valence-electron chi connectivity index (χ1n) is 5.37. The van der Waals surface area contributed by atoms with Gasteiger partial charge in [-0.1, -0.05) is 6.92 Å². The SMILES string of the molecule is CCc1n[nH]c(=S)n1Cc1ccnc(OC)c1. The van der Waals surface area contributed by atoms with Gasteiger partial charge in [0.15, 0.2) is 4.77 Å². The Labute approximate surface area is 104 Å². The van der Waals surface area contributed by atoms with E-state index in [1.807, 2.05) is 16.7 Å². The van der Waals surface area contributed by atoms with Crippen LogP contribution in [0, 0.1) is 4.77 Å². The molecule has 0 aromatic carbocycles. The second-order valence-electron chi connectivity index (χ2n) is 3.59. The molecule has 0 bridgehead atoms. The molecular weight excluding hydrogens is 236 g/mol. The molecule has 0 amide bonds. The van der Waals surface area contributed by atoms with Crippen molar-refractivity contribution in [3.8, 4) is 5.88 Å². The van der Waals surface area contributed by atoms with Crippen LogP contribution in [0.25, 0.3) is 0 Å². The zero-order valence-corrected chi connectivity index (χ0v) is 10.6. The summed E-state index contributed by atoms with van der Waals surface area (Å²) in [5, 5.41) is 6.98. The predicted octanol–water partition coefficient (Wildman–Crippen LogP) is 1.95. The highest BCUT2D eigenvalue weighted by Gasteiger charge is 2.05. The first-order valence-corrected chi connectivity index (χ1v) is 5.78. The Morgan fingerprint density at radius 2 is 2.35 bits per heavy atom. The third-order valence-corrected chi connectivity index (χ3v) is 2.81. The van der Waals surface area contributed by atoms with Gasteiger partial charge < -0.3 is 4.74 Å². The van der Waals surface area contributed by atoms with Gasteiger partial charge in [-0.2, -0.15) is 5.10 Å². The molecule has 0 radical (unpaired) electrons. The van der Waals surface area contributed by atoms with Gasteiger partial charge >= 0.3 is 0 Å². The number of rotatable bonds is 4. The van der Waals surface area contributed by atoms with Crippen molar-refractivity contribution in [2.45, 2.75) is 19.9 Å². The molecule has 0 aliphatic carbocycles. The minimum absolute atomic E-state index is 0.607. The smallest absolute Gasteiger partial charge is 0.213 e. The molecule has 0 saturated carbocycles. The van der Waals surface area contributed by atoms with Crippen LogP contribution < -0.4 is 4.74 Å². The van der Waals surface area contributed by atoms with Crippen LogP contribution in [0.15, 0.2) is 18.3 Å². The van der Waals surface area contributed by atoms with Crippen molar-refractivity contribution in [1.29, 1.82) is 0 Å². The van der Waals surface area contributed by atoms with Crippen molar-refractivity contribution < 1.29 is 4.74 Å². The van der Waals surface area contributed by atoms with Crippen molar-refractivity contribution in [1.82, 2.24) is 19.7 Å². The molecule has 90 valence electrons. The van der Waals surface area contributed by atoms with Gasteiger partial charge in [-0.05, 0) is 23.8 Å². The van der Waals surface area contributed by atoms with Gasteiger partial charge in [0.05, 0.1) is 13.7 Å². The third-order valence-electron chi connectivity index (χ3n) is 2.50. The summed E-state index contributed by atoms with van der Waals surface area (Å²) < 4.78 is 7.70. The lowest BCUT2D eigenvalue weighted by Gasteiger charge is -2.06. The van der Waals surface area contributed by atoms with Gasteiger partial charge in [-0.3, -0.25) is 9.67 Å². The minimum Gasteiger partial charge on any atom is -0.481 e. The fourth-order valence-electron chi connectivity index (χ4n) is 1.63. The molecule has 0 spiro atoms. The van der Waals surface area contributed by atoms with Crippen LogP contribution in [0.3, 0.4) is 0 Å². The van der Waals surface area contributed by atoms with E-state index in [1.54, 1.807) is 13.3 Å². The molecule has 2 rings (SSSR count). The lowest BCUT2D eigenvalue weighted by molar-refractivity contribution is 0.397. The summed E-state index contributed by atoms with van der Waals surface area (Å²) in [6.45, 7) is 2.73. The second-order valence-corrected chi connectivity index (χ2v) is 3.98. The number of H-pyrrole nitrogens is 1. The monoisotopic (exact) mass is 250 g/mol. The van der Waals surface area contributed by atoms with Crippen LogP contribution >= 0.6 is 12.2 Å². The number of hydrogen-bond donors (Lipinski definition) is 1. The maximum Gasteiger partial charge on any atom is 0.213 e. The summed E-state index contributed by atoms with van der Waals surface area (Å²) >= 11 is 5.20. The zero-order chi connectivity index (χ0) is 12.3. The summed E-state index contributed by atoms with van der Waals surface area (Å²) in [6, 6.07) is 3.84. The number of nitrogens with zero attached hydrogens (tertiary/aromatic N) is 3. The number of aromatic amines is 1. The van der Waals surface area contributed by atoms with Gasteiger partial charge in [0.2, 0.25) is 5.88 Å². The van der Waals surface area contributed by atoms with Crippen LogP contribution in [0.5, 0.6) is 5.88 Å². The fraction of sp³-hybridized carbons (Fsp3) is 0.364. The summed E-state index contributed by atoms with van der Waals surface area (Å²) in [7, 11) is 1.60. The first-order chi connectivity index (χ1) is 8.24. The van der Waals surface area contributed by atoms with E-state index in [-0.39, 0.29) is 0 Å². The van der Waals surface area contributed by atoms with E-state index in [9.17, 15) is 0 Å². The van der Waals surface area contributed by atoms with Gasteiger partial charge in [0, 0.05) is 18.7 Å². The summed E-state index contributed by atoms with van der Waals surface area (Å²) in [5.41, 5.74) is 1.09. The summed E-state index contributed by atoms with van der Waals surface area (Å²) in [4.78, 5) is 4.07. The van der Waals surface area contributed by atoms with Crippen LogP contribution in [-0.2, 0) is 13.0 Å². The van der Waals surface area contributed by atoms with E-state index in [0.717, 1.165) is 17.8 Å². The highest BCUT2D eigenvalue weighted by atomic mass is 32.1. The maximum atomic E-state index is 5.20. The average Bonchev–Trinajstić information content (AvgIpc) is 2.71. The largest absolute Gasteiger partial charge is 0.481 e. The molecule has 5 nitrogen and oxygen atoms in total. The Morgan fingerprint density at radius 3 is 3.06 bits per heavy atom. The summed E-state index contributed by atoms with van der Waals surface area (Å²) in [5.74, 6) is 1.56. The second kappa shape index (κ2) is 5.09. The Kier molecular flexibility index (Phi) is 3.53. The molecule has 1 N–H and O–H groups in total. The standard InChI is InChI=1S/C11H14N4OS/c1-3-9-13-14-11(17)15(9)7-8-4-5-12-10(6-8)16-2/h4-6H,3,7H2,1-2H3,(H,14,17). The molecule has 0 atom stereocenters. The molecule has 2 aromatic rings. The molecule has 0 fully saturated rings. The average molecular weight is 250 g/mol. The fourth-order valence-corrected chi connectivity index (χ4v) is 1.84. The van der Waals surface area contributed by atoms with Crippen molar-refractivity contribution >= 4 is 12.2 Å². The van der Waals surface area contributed by atoms with Crippen LogP contribution in [-0.4, -0.2) is 26.9 Å². The van der Waals surface area contributed by atoms with Gasteiger partial charge in [0.1, 0.15) is 5.82 Å². The number of hydrogen-bond acceptors (Lipinski definition) is 4. The van der Waals surface area contributed by atoms with Gasteiger partial charge in [-0.25, -0.2) is 4.98 Å². The highest BCUT2D eigenvalue weighted by Crippen LogP contribution is 2.11. The molecule has 0 saturated heterocycles. The normalized spacial score (nSPS) is 10.5. The Hall–Kier alpha value is -1.69. The van der Waals surface area contributed by atoms with E-state index in [2.05, 4.69) is 22.1 Å². The van der Waals surface area contributed by atoms with E-state index < -0.39 is 0 Å². The quantitative estimate of drug-likeness (QED) is 0.843. The molecule has 0 aliphatic rings. The summed E-state index contributed by atoms with van der Waals surface area (Å²) in [6.07, 6.45) is 2.57. The molecule has 6 heteroatoms. The van der Waals surface area contributed by atoms with Crippen LogP contribution in [0.2, 0.25) is 0 Å². The number of nitrogens with one attached hydrogen (secondary N) is 1. The Morgan fingerprint density at radius 1 is 1.53 bits per heavy atom. The van der Waals surface area contributed by atoms with E-state index in [4.69, 9.17) is 17.0 Å². The topological polar surface area (TPSA) is 55.7 Å². The number of aryl methyl sites for hydroxylation is 1. The molecule has 0 aliphatic heterocycles. The minimum atomic E-state index is 0.607. The number of pyridine rings is 1. The van der Waals surface area contributed by atoms with E-state index in [1.165, 1.54) is 0 Å². The molecule has 17 heavy (non-hydrogen) atoms. The van der Waals surface area contributed by atoms with Crippen molar-refractivity contribution in [3.63, 3.8) is 0 Å². The third kappa shape index (κ3) is 2.52. The van der Waals surface area contributed by atoms with E-state index >= 15 is 0 Å². The molecule has 0 unspecified atom stereocenters. The predicted molar refractivity (Wildman–Crippen MR) is 66.7 cm³/mol. The lowest BCUT2D eigenvalue weighted by atomic mass is 10.2. The van der Waals surface area contributed by atoms with Gasteiger partial charge in [0.25, 0.3) is 0 Å². The molecule has 2 aromatic heterocycles. The highest BCUT2D eigenvalue weighted by molar-refractivity contribution is 7.71. The zero-order valence-electron chi connectivity index (χ0n) is 9.80. The van der Waals surface area contributed by atoms with E-state index in [0.29, 0.717) is 17.2 Å². The van der Waals surface area contributed by atoms with Crippen LogP contribution in [0.4, 0.5) is 0 Å². The van der Waals surface area contributed by atoms with Crippen molar-refractivity contribution in [2.75, 3.05) is 7.11 Å². The first kappa shape index (κ1) is 11.8. The van der Waals surface area contributed by atoms with Crippen molar-refractivity contribution in [2.24, 2.45) is 0 Å². The Balaban J connectivity index is 2.30. The van der Waals surface area contributed by atoms with Crippen LogP contribution in [0.1, 0.15) is 18.3 Å². The lowest BCUT2D eigenvalue weighted by Crippen LogP contribution is -2.05. The Bertz CT molecular complexity index is 561. The molecular formula is C11H14N4OS. The van der Waals surface area contributed by atoms with Crippen molar-refractivity contribution in [3.05, 3.63) is 34.5 Å². The number of ether oxygens (including phenoxy) is 1. The maximum absolute atomic E-state index is 5.20.